The fourth-order valence-electron chi connectivity index (χ4n) is 1.20. The fourth-order valence-corrected chi connectivity index (χ4v) is 2.92. The Kier molecular flexibility index (Phi) is 5.21. The van der Waals surface area contributed by atoms with Crippen LogP contribution in [0.25, 0.3) is 0 Å². The van der Waals surface area contributed by atoms with Gasteiger partial charge in [0.2, 0.25) is 10.0 Å². The van der Waals surface area contributed by atoms with Gasteiger partial charge in [0.15, 0.2) is 11.6 Å². The summed E-state index contributed by atoms with van der Waals surface area (Å²) in [6.07, 6.45) is 0. The zero-order chi connectivity index (χ0) is 15.6. The average Bonchev–Trinajstić information content (AvgIpc) is 2.28. The van der Waals surface area contributed by atoms with Crippen LogP contribution in [0.4, 0.5) is 27.6 Å². The Labute approximate surface area is 115 Å². The summed E-state index contributed by atoms with van der Waals surface area (Å²) in [5.74, 6) is -3.71. The number of sulfonamides is 1. The Morgan fingerprint density at radius 2 is 1.85 bits per heavy atom. The minimum Gasteiger partial charge on any atom is -0.399 e. The van der Waals surface area contributed by atoms with Crippen molar-refractivity contribution in [3.05, 3.63) is 23.8 Å². The van der Waals surface area contributed by atoms with Crippen LogP contribution in [0.5, 0.6) is 0 Å². The average molecular weight is 336 g/mol. The van der Waals surface area contributed by atoms with Crippen LogP contribution in [0.1, 0.15) is 0 Å². The molecule has 0 saturated heterocycles. The molecule has 3 N–H and O–H groups in total. The quantitative estimate of drug-likeness (QED) is 0.491. The lowest BCUT2D eigenvalue weighted by Crippen LogP contribution is -2.28. The number of hydrogen-bond donors (Lipinski definition) is 2. The summed E-state index contributed by atoms with van der Waals surface area (Å²) >= 11 is -0.440. The zero-order valence-electron chi connectivity index (χ0n) is 9.67. The van der Waals surface area contributed by atoms with Gasteiger partial charge in [-0.3, -0.25) is 0 Å². The predicted molar refractivity (Wildman–Crippen MR) is 64.5 cm³/mol. The maximum absolute atomic E-state index is 13.3. The van der Waals surface area contributed by atoms with Gasteiger partial charge in [0, 0.05) is 18.0 Å². The molecule has 1 aromatic rings. The Bertz CT molecular complexity index is 589. The van der Waals surface area contributed by atoms with Crippen molar-refractivity contribution in [3.63, 3.8) is 0 Å². The predicted octanol–water partition coefficient (Wildman–Crippen LogP) is 2.08. The molecule has 0 radical (unpaired) electrons. The number of halogens is 5. The van der Waals surface area contributed by atoms with Gasteiger partial charge >= 0.3 is 5.51 Å². The van der Waals surface area contributed by atoms with Crippen molar-refractivity contribution >= 4 is 27.5 Å². The van der Waals surface area contributed by atoms with Crippen molar-refractivity contribution in [3.8, 4) is 0 Å². The first-order valence-electron chi connectivity index (χ1n) is 4.98. The number of nitrogens with two attached hydrogens (primary N) is 1. The molecule has 0 aliphatic heterocycles. The molecule has 0 aliphatic rings. The van der Waals surface area contributed by atoms with Gasteiger partial charge in [0.05, 0.1) is 0 Å². The molecular weight excluding hydrogens is 327 g/mol. The largest absolute Gasteiger partial charge is 0.441 e. The first-order valence-corrected chi connectivity index (χ1v) is 7.44. The summed E-state index contributed by atoms with van der Waals surface area (Å²) in [5, 5.41) is 0. The third-order valence-electron chi connectivity index (χ3n) is 1.97. The molecule has 4 nitrogen and oxygen atoms in total. The number of hydrogen-bond acceptors (Lipinski definition) is 4. The Morgan fingerprint density at radius 1 is 1.25 bits per heavy atom. The Balaban J connectivity index is 2.80. The summed E-state index contributed by atoms with van der Waals surface area (Å²) in [6, 6.07) is 1.27. The third-order valence-corrected chi connectivity index (χ3v) is 4.16. The summed E-state index contributed by atoms with van der Waals surface area (Å²) < 4.78 is 86.8. The van der Waals surface area contributed by atoms with E-state index in [1.54, 1.807) is 4.72 Å². The minimum atomic E-state index is -4.50. The molecular formula is C9H9F5N2O2S2. The molecule has 0 bridgehead atoms. The number of nitrogens with one attached hydrogen (secondary N) is 1. The molecule has 0 heterocycles. The minimum absolute atomic E-state index is 0.325. The molecule has 114 valence electrons. The highest BCUT2D eigenvalue weighted by molar-refractivity contribution is 8.00. The van der Waals surface area contributed by atoms with Gasteiger partial charge in [-0.05, 0) is 23.9 Å². The summed E-state index contributed by atoms with van der Waals surface area (Å²) in [6.45, 7) is -0.595. The van der Waals surface area contributed by atoms with Gasteiger partial charge in [-0.15, -0.1) is 0 Å². The van der Waals surface area contributed by atoms with Gasteiger partial charge in [0.25, 0.3) is 0 Å². The molecule has 0 saturated carbocycles. The first kappa shape index (κ1) is 17.0. The lowest BCUT2D eigenvalue weighted by Gasteiger charge is -2.09. The molecule has 0 atom stereocenters. The first-order chi connectivity index (χ1) is 9.03. The SMILES string of the molecule is Nc1cc(F)c(F)c(S(=O)(=O)NCCSC(F)(F)F)c1. The van der Waals surface area contributed by atoms with E-state index in [4.69, 9.17) is 5.73 Å². The van der Waals surface area contributed by atoms with Crippen molar-refractivity contribution in [1.82, 2.24) is 4.72 Å². The van der Waals surface area contributed by atoms with Gasteiger partial charge in [0.1, 0.15) is 4.90 Å². The van der Waals surface area contributed by atoms with Crippen molar-refractivity contribution < 1.29 is 30.4 Å². The molecule has 20 heavy (non-hydrogen) atoms. The van der Waals surface area contributed by atoms with E-state index in [0.717, 1.165) is 0 Å². The molecule has 0 unspecified atom stereocenters. The highest BCUT2D eigenvalue weighted by Crippen LogP contribution is 2.29. The van der Waals surface area contributed by atoms with E-state index in [-0.39, 0.29) is 5.69 Å². The molecule has 1 rings (SSSR count). The maximum atomic E-state index is 13.3. The van der Waals surface area contributed by atoms with Crippen LogP contribution in [-0.4, -0.2) is 26.2 Å². The van der Waals surface area contributed by atoms with Crippen molar-refractivity contribution in [2.45, 2.75) is 10.4 Å². The second-order valence-electron chi connectivity index (χ2n) is 3.51. The van der Waals surface area contributed by atoms with Crippen LogP contribution in [0.15, 0.2) is 17.0 Å². The number of alkyl halides is 3. The van der Waals surface area contributed by atoms with E-state index in [2.05, 4.69) is 0 Å². The van der Waals surface area contributed by atoms with E-state index in [1.165, 1.54) is 0 Å². The number of anilines is 1. The van der Waals surface area contributed by atoms with Gasteiger partial charge in [-0.2, -0.15) is 13.2 Å². The maximum Gasteiger partial charge on any atom is 0.441 e. The second kappa shape index (κ2) is 6.14. The standard InChI is InChI=1S/C9H9F5N2O2S2/c10-6-3-5(15)4-7(8(6)11)20(17,18)16-1-2-19-9(12,13)14/h3-4,16H,1-2,15H2. The molecule has 0 spiro atoms. The smallest absolute Gasteiger partial charge is 0.399 e. The third kappa shape index (κ3) is 4.80. The number of benzene rings is 1. The highest BCUT2D eigenvalue weighted by atomic mass is 32.2. The number of nitrogen functional groups attached to an aromatic ring is 1. The van der Waals surface area contributed by atoms with Gasteiger partial charge in [-0.25, -0.2) is 21.9 Å². The number of rotatable bonds is 5. The topological polar surface area (TPSA) is 72.2 Å². The number of thioether (sulfide) groups is 1. The Morgan fingerprint density at radius 3 is 2.40 bits per heavy atom. The van der Waals surface area contributed by atoms with Crippen LogP contribution in [0.2, 0.25) is 0 Å². The van der Waals surface area contributed by atoms with Crippen LogP contribution < -0.4 is 10.5 Å². The van der Waals surface area contributed by atoms with Crippen molar-refractivity contribution in [2.24, 2.45) is 0 Å². The molecule has 0 aromatic heterocycles. The van der Waals surface area contributed by atoms with Crippen molar-refractivity contribution in [2.75, 3.05) is 18.0 Å². The van der Waals surface area contributed by atoms with Gasteiger partial charge in [-0.1, -0.05) is 0 Å². The molecule has 0 aliphatic carbocycles. The van der Waals surface area contributed by atoms with Crippen LogP contribution in [0, 0.1) is 11.6 Å². The summed E-state index contributed by atoms with van der Waals surface area (Å²) in [4.78, 5) is -1.05. The lowest BCUT2D eigenvalue weighted by atomic mass is 10.3. The Hall–Kier alpha value is -1.07. The summed E-state index contributed by atoms with van der Waals surface area (Å²) in [7, 11) is -4.48. The van der Waals surface area contributed by atoms with Crippen LogP contribution >= 0.6 is 11.8 Å². The van der Waals surface area contributed by atoms with E-state index in [0.29, 0.717) is 12.1 Å². The molecule has 0 amide bonds. The zero-order valence-corrected chi connectivity index (χ0v) is 11.3. The van der Waals surface area contributed by atoms with E-state index >= 15 is 0 Å². The normalized spacial score (nSPS) is 12.7. The lowest BCUT2D eigenvalue weighted by molar-refractivity contribution is -0.0327. The van der Waals surface area contributed by atoms with E-state index in [9.17, 15) is 30.4 Å². The van der Waals surface area contributed by atoms with E-state index < -0.39 is 56.1 Å². The van der Waals surface area contributed by atoms with Crippen LogP contribution in [0.3, 0.4) is 0 Å². The van der Waals surface area contributed by atoms with E-state index in [1.807, 2.05) is 0 Å². The highest BCUT2D eigenvalue weighted by Gasteiger charge is 2.28. The van der Waals surface area contributed by atoms with Crippen molar-refractivity contribution in [1.29, 1.82) is 0 Å². The van der Waals surface area contributed by atoms with Gasteiger partial charge < -0.3 is 5.73 Å². The monoisotopic (exact) mass is 336 g/mol. The molecule has 0 fully saturated rings. The molecule has 1 aromatic carbocycles. The summed E-state index contributed by atoms with van der Waals surface area (Å²) in [5.41, 5.74) is 0.360. The second-order valence-corrected chi connectivity index (χ2v) is 6.40. The molecule has 11 heteroatoms. The fraction of sp³-hybridized carbons (Fsp3) is 0.333. The van der Waals surface area contributed by atoms with Crippen LogP contribution in [-0.2, 0) is 10.0 Å².